The van der Waals surface area contributed by atoms with E-state index in [0.29, 0.717) is 0 Å². The Kier molecular flexibility index (Phi) is 3.93. The zero-order valence-corrected chi connectivity index (χ0v) is 10.1. The normalized spacial score (nSPS) is 28.3. The first-order valence-corrected chi connectivity index (χ1v) is 5.82. The number of rotatable bonds is 3. The highest BCUT2D eigenvalue weighted by atomic mass is 19.1. The molecule has 0 saturated carbocycles. The van der Waals surface area contributed by atoms with Gasteiger partial charge in [-0.25, -0.2) is 4.39 Å². The third kappa shape index (κ3) is 2.68. The van der Waals surface area contributed by atoms with E-state index in [1.165, 1.54) is 4.90 Å². The van der Waals surface area contributed by atoms with Gasteiger partial charge in [0.25, 0.3) is 0 Å². The van der Waals surface area contributed by atoms with E-state index in [1.807, 2.05) is 30.3 Å². The van der Waals surface area contributed by atoms with Gasteiger partial charge in [-0.3, -0.25) is 9.69 Å². The van der Waals surface area contributed by atoms with E-state index < -0.39 is 24.3 Å². The van der Waals surface area contributed by atoms with Crippen LogP contribution in [-0.2, 0) is 16.1 Å². The lowest BCUT2D eigenvalue weighted by atomic mass is 10.1. The first-order chi connectivity index (χ1) is 8.59. The van der Waals surface area contributed by atoms with Gasteiger partial charge in [0.05, 0.1) is 0 Å². The molecule has 1 aromatic carbocycles. The van der Waals surface area contributed by atoms with Gasteiger partial charge in [0, 0.05) is 6.54 Å². The van der Waals surface area contributed by atoms with Gasteiger partial charge in [-0.2, -0.15) is 0 Å². The molecular formula is C13H16FNO3. The highest BCUT2D eigenvalue weighted by molar-refractivity contribution is 5.77. The second-order valence-electron chi connectivity index (χ2n) is 4.48. The molecule has 18 heavy (non-hydrogen) atoms. The molecule has 0 radical (unpaired) electrons. The van der Waals surface area contributed by atoms with Crippen molar-refractivity contribution in [3.63, 3.8) is 0 Å². The quantitative estimate of drug-likeness (QED) is 0.807. The van der Waals surface area contributed by atoms with Crippen molar-refractivity contribution in [2.45, 2.75) is 24.9 Å². The maximum absolute atomic E-state index is 13.2. The number of likely N-dealkylation sites (tertiary alicyclic amines) is 1. The van der Waals surface area contributed by atoms with Crippen LogP contribution in [0.1, 0.15) is 5.56 Å². The zero-order valence-electron chi connectivity index (χ0n) is 10.1. The Labute approximate surface area is 105 Å². The van der Waals surface area contributed by atoms with Crippen LogP contribution in [0.25, 0.3) is 0 Å². The smallest absolute Gasteiger partial charge is 0.326 e. The molecule has 4 nitrogen and oxygen atoms in total. The number of hydrogen-bond acceptors (Lipinski definition) is 4. The molecule has 2 rings (SSSR count). The van der Waals surface area contributed by atoms with Gasteiger partial charge in [0.2, 0.25) is 0 Å². The number of carbonyl (C=O) groups is 1. The van der Waals surface area contributed by atoms with Crippen LogP contribution in [-0.4, -0.2) is 47.9 Å². The van der Waals surface area contributed by atoms with Crippen LogP contribution in [0.2, 0.25) is 0 Å². The predicted octanol–water partition coefficient (Wildman–Crippen LogP) is 0.743. The predicted molar refractivity (Wildman–Crippen MR) is 63.6 cm³/mol. The van der Waals surface area contributed by atoms with Crippen LogP contribution in [0, 0.1) is 0 Å². The van der Waals surface area contributed by atoms with Crippen molar-refractivity contribution in [3.8, 4) is 0 Å². The molecule has 0 aromatic heterocycles. The summed E-state index contributed by atoms with van der Waals surface area (Å²) in [5.41, 5.74) is 0.859. The number of likely N-dealkylation sites (N-methyl/N-ethyl adjacent to an activating group) is 1. The molecule has 0 aliphatic carbocycles. The van der Waals surface area contributed by atoms with Gasteiger partial charge >= 0.3 is 5.97 Å². The van der Waals surface area contributed by atoms with E-state index in [9.17, 15) is 14.3 Å². The van der Waals surface area contributed by atoms with Gasteiger partial charge in [-0.15, -0.1) is 0 Å². The summed E-state index contributed by atoms with van der Waals surface area (Å²) < 4.78 is 18.3. The summed E-state index contributed by atoms with van der Waals surface area (Å²) in [6.07, 6.45) is -2.71. The molecule has 5 heteroatoms. The van der Waals surface area contributed by atoms with E-state index in [0.717, 1.165) is 5.56 Å². The molecule has 0 amide bonds. The van der Waals surface area contributed by atoms with Gasteiger partial charge in [-0.05, 0) is 12.6 Å². The second kappa shape index (κ2) is 5.46. The Balaban J connectivity index is 1.92. The van der Waals surface area contributed by atoms with E-state index >= 15 is 0 Å². The second-order valence-corrected chi connectivity index (χ2v) is 4.48. The molecule has 1 saturated heterocycles. The molecular weight excluding hydrogens is 237 g/mol. The van der Waals surface area contributed by atoms with Crippen LogP contribution in [0.15, 0.2) is 30.3 Å². The van der Waals surface area contributed by atoms with Crippen LogP contribution < -0.4 is 0 Å². The maximum atomic E-state index is 13.2. The Bertz CT molecular complexity index is 412. The standard InChI is InChI=1S/C13H16FNO3/c1-15-7-10(14)12(16)11(15)13(17)18-8-9-5-3-2-4-6-9/h2-6,10-12,16H,7-8H2,1H3/t10-,11-,12+/m0/s1. The van der Waals surface area contributed by atoms with Gasteiger partial charge in [-0.1, -0.05) is 30.3 Å². The minimum absolute atomic E-state index is 0.0479. The molecule has 0 spiro atoms. The summed E-state index contributed by atoms with van der Waals surface area (Å²) in [6, 6.07) is 8.31. The van der Waals surface area contributed by atoms with Crippen molar-refractivity contribution in [2.24, 2.45) is 0 Å². The summed E-state index contributed by atoms with van der Waals surface area (Å²) in [6.45, 7) is 0.181. The molecule has 1 aromatic rings. The number of aliphatic hydroxyl groups excluding tert-OH is 1. The average molecular weight is 253 g/mol. The van der Waals surface area contributed by atoms with Crippen LogP contribution >= 0.6 is 0 Å². The topological polar surface area (TPSA) is 49.8 Å². The molecule has 1 heterocycles. The number of nitrogens with zero attached hydrogens (tertiary/aromatic N) is 1. The lowest BCUT2D eigenvalue weighted by molar-refractivity contribution is -0.153. The fourth-order valence-electron chi connectivity index (χ4n) is 2.09. The molecule has 0 bridgehead atoms. The van der Waals surface area contributed by atoms with E-state index in [-0.39, 0.29) is 13.2 Å². The van der Waals surface area contributed by atoms with Crippen molar-refractivity contribution >= 4 is 5.97 Å². The molecule has 98 valence electrons. The Hall–Kier alpha value is -1.46. The Morgan fingerprint density at radius 1 is 1.50 bits per heavy atom. The fourth-order valence-corrected chi connectivity index (χ4v) is 2.09. The number of aliphatic hydroxyl groups is 1. The van der Waals surface area contributed by atoms with Crippen molar-refractivity contribution in [1.29, 1.82) is 0 Å². The van der Waals surface area contributed by atoms with Crippen molar-refractivity contribution in [3.05, 3.63) is 35.9 Å². The lowest BCUT2D eigenvalue weighted by Crippen LogP contribution is -2.41. The fraction of sp³-hybridized carbons (Fsp3) is 0.462. The first kappa shape index (κ1) is 13.0. The molecule has 1 fully saturated rings. The monoisotopic (exact) mass is 253 g/mol. The van der Waals surface area contributed by atoms with Gasteiger partial charge in [0.15, 0.2) is 0 Å². The number of ether oxygens (including phenoxy) is 1. The third-order valence-corrected chi connectivity index (χ3v) is 3.10. The summed E-state index contributed by atoms with van der Waals surface area (Å²) in [7, 11) is 1.59. The number of hydrogen-bond donors (Lipinski definition) is 1. The largest absolute Gasteiger partial charge is 0.460 e. The minimum atomic E-state index is -1.40. The zero-order chi connectivity index (χ0) is 13.1. The maximum Gasteiger partial charge on any atom is 0.326 e. The van der Waals surface area contributed by atoms with Gasteiger partial charge < -0.3 is 9.84 Å². The summed E-state index contributed by atoms with van der Waals surface area (Å²) in [5, 5.41) is 9.58. The number of carbonyl (C=O) groups excluding carboxylic acids is 1. The SMILES string of the molecule is CN1C[C@H](F)[C@@H](O)[C@H]1C(=O)OCc1ccccc1. The van der Waals surface area contributed by atoms with Crippen LogP contribution in [0.5, 0.6) is 0 Å². The average Bonchev–Trinajstić information content (AvgIpc) is 2.62. The number of alkyl halides is 1. The van der Waals surface area contributed by atoms with E-state index in [1.54, 1.807) is 7.05 Å². The highest BCUT2D eigenvalue weighted by Gasteiger charge is 2.44. The number of esters is 1. The Morgan fingerprint density at radius 2 is 2.17 bits per heavy atom. The summed E-state index contributed by atoms with van der Waals surface area (Å²) in [5.74, 6) is -0.589. The van der Waals surface area contributed by atoms with Crippen LogP contribution in [0.3, 0.4) is 0 Å². The highest BCUT2D eigenvalue weighted by Crippen LogP contribution is 2.20. The molecule has 3 atom stereocenters. The lowest BCUT2D eigenvalue weighted by Gasteiger charge is -2.19. The molecule has 1 aliphatic rings. The van der Waals surface area contributed by atoms with Gasteiger partial charge in [0.1, 0.15) is 24.9 Å². The number of halogens is 1. The van der Waals surface area contributed by atoms with E-state index in [4.69, 9.17) is 4.74 Å². The molecule has 0 unspecified atom stereocenters. The van der Waals surface area contributed by atoms with Crippen LogP contribution in [0.4, 0.5) is 4.39 Å². The van der Waals surface area contributed by atoms with Crippen molar-refractivity contribution in [1.82, 2.24) is 4.90 Å². The minimum Gasteiger partial charge on any atom is -0.460 e. The van der Waals surface area contributed by atoms with E-state index in [2.05, 4.69) is 0 Å². The molecule has 1 N–H and O–H groups in total. The van der Waals surface area contributed by atoms with Crippen molar-refractivity contribution < 1.29 is 19.0 Å². The third-order valence-electron chi connectivity index (χ3n) is 3.10. The molecule has 1 aliphatic heterocycles. The summed E-state index contributed by atoms with van der Waals surface area (Å²) >= 11 is 0. The first-order valence-electron chi connectivity index (χ1n) is 5.82. The van der Waals surface area contributed by atoms with Crippen molar-refractivity contribution in [2.75, 3.05) is 13.6 Å². The summed E-state index contributed by atoms with van der Waals surface area (Å²) in [4.78, 5) is 13.3. The number of benzene rings is 1. The Morgan fingerprint density at radius 3 is 2.72 bits per heavy atom.